The van der Waals surface area contributed by atoms with Crippen LogP contribution in [0.1, 0.15) is 209 Å². The Hall–Kier alpha value is -11.0. The Labute approximate surface area is 794 Å². The van der Waals surface area contributed by atoms with Crippen LogP contribution in [0.4, 0.5) is 45.5 Å². The molecule has 2 fully saturated rings. The zero-order chi connectivity index (χ0) is 97.1. The summed E-state index contributed by atoms with van der Waals surface area (Å²) in [5, 5.41) is 49.3. The first kappa shape index (κ1) is 121. The molecule has 2 aliphatic carbocycles. The second-order valence-electron chi connectivity index (χ2n) is 31.8. The van der Waals surface area contributed by atoms with Crippen molar-refractivity contribution in [1.82, 2.24) is 26.2 Å². The van der Waals surface area contributed by atoms with E-state index >= 15 is 0 Å². The van der Waals surface area contributed by atoms with Crippen molar-refractivity contribution in [2.45, 2.75) is 235 Å². The average Bonchev–Trinajstić information content (AvgIpc) is 1.58. The normalized spacial score (nSPS) is 12.0. The number of halogens is 8. The molecule has 2 aliphatic rings. The van der Waals surface area contributed by atoms with E-state index in [0.29, 0.717) is 73.4 Å². The number of carbonyl (C=O) groups excluding carboxylic acids is 8. The van der Waals surface area contributed by atoms with Gasteiger partial charge in [0.25, 0.3) is 0 Å². The molecule has 0 aliphatic heterocycles. The molecule has 0 atom stereocenters. The molecule has 0 aromatic heterocycles. The number of rotatable bonds is 26. The number of benzene rings is 6. The summed E-state index contributed by atoms with van der Waals surface area (Å²) in [6, 6.07) is 50.2. The van der Waals surface area contributed by atoms with Gasteiger partial charge < -0.3 is 75.6 Å². The maximum atomic E-state index is 13.5. The molecule has 130 heavy (non-hydrogen) atoms. The van der Waals surface area contributed by atoms with Gasteiger partial charge in [0, 0.05) is 55.9 Å². The molecule has 0 saturated heterocycles. The largest absolute Gasteiger partial charge is 1.00 e. The van der Waals surface area contributed by atoms with Crippen LogP contribution in [-0.4, -0.2) is 136 Å². The standard InChI is InChI=1S/C22H29F3N2O5.C18H27NO4.C13H20N2O2.C13H16N2O2.C8H6BrN.C8H6N4.C5H5F3O2.C4H7BrO2.Na.H2O/c1-5-31-17(28)14-27(18(29)21(10-11-21)22(23,24)25)13-16-9-7-6-8-15(16)12-26-19(30)32-20(2,3)4;1-5-22-16(20)12-8-11-14-9-6-7-10-15(14)13-19-17(21)23-18(2,3)4;2*1-13(2,3)17-12(16)15-9-11-7-5-4-6-10(11)8-14;9-5-7-3-1-2-4-8(7)6-10;9-5-7-3-1-2-4-8(7)6-11-12-10;6-5(7,8)4(1-2-4)3(9)10;1-2-7-4(6)3-5;;/h6-9H,5,10-14H2,1-4H3,(H,26,30);6-7,9-10H,5,8,11-13H2,1-4H3,(H,19,21);4-7H,8-9,14H2,1-3H3,(H,15,16);4-7H,9H2,1-3H3,(H,15,16);1-4H,5H2;1-4H,6H2;1-2H2,(H,9,10);2-3H2,1H3;;1H2/q;;;;;;;;+1;/p-1. The number of hydrogen-bond donors (Lipinski definition) is 6. The van der Waals surface area contributed by atoms with Crippen molar-refractivity contribution in [2.24, 2.45) is 21.7 Å². The van der Waals surface area contributed by atoms with Gasteiger partial charge in [-0.2, -0.15) is 42.1 Å². The van der Waals surface area contributed by atoms with Crippen molar-refractivity contribution in [3.63, 3.8) is 0 Å². The third kappa shape index (κ3) is 49.7. The van der Waals surface area contributed by atoms with Crippen LogP contribution in [0, 0.1) is 44.8 Å². The molecule has 8 N–H and O–H groups in total. The molecule has 0 spiro atoms. The van der Waals surface area contributed by atoms with Gasteiger partial charge in [-0.15, -0.1) is 0 Å². The van der Waals surface area contributed by atoms with E-state index in [-0.39, 0.29) is 98.9 Å². The van der Waals surface area contributed by atoms with Crippen LogP contribution >= 0.6 is 31.9 Å². The van der Waals surface area contributed by atoms with E-state index in [0.717, 1.165) is 67.6 Å². The fourth-order valence-electron chi connectivity index (χ4n) is 10.5. The number of hydrogen-bond acceptors (Lipinski definition) is 22. The van der Waals surface area contributed by atoms with Crippen LogP contribution in [0.3, 0.4) is 0 Å². The first-order chi connectivity index (χ1) is 59.9. The Kier molecular flexibility index (Phi) is 56.6. The minimum Gasteiger partial charge on any atom is -0.870 e. The first-order valence-electron chi connectivity index (χ1n) is 40.4. The molecule has 6 aromatic rings. The van der Waals surface area contributed by atoms with Crippen molar-refractivity contribution < 1.29 is 143 Å². The number of nitrogens with two attached hydrogens (primary N) is 1. The Balaban J connectivity index is 0. The quantitative estimate of drug-likeness (QED) is 0.00429. The Morgan fingerprint density at radius 1 is 0.477 bits per heavy atom. The van der Waals surface area contributed by atoms with E-state index in [9.17, 15) is 69.5 Å². The minimum atomic E-state index is -4.70. The monoisotopic (exact) mass is 1960 g/mol. The Morgan fingerprint density at radius 2 is 0.785 bits per heavy atom. The van der Waals surface area contributed by atoms with E-state index in [1.54, 1.807) is 123 Å². The second-order valence-corrected chi connectivity index (χ2v) is 32.9. The summed E-state index contributed by atoms with van der Waals surface area (Å²) < 4.78 is 111. The number of carbonyl (C=O) groups is 9. The van der Waals surface area contributed by atoms with E-state index in [2.05, 4.69) is 80.0 Å². The molecule has 39 heteroatoms. The number of aliphatic carboxylic acids is 1. The zero-order valence-electron chi connectivity index (χ0n) is 76.2. The van der Waals surface area contributed by atoms with Crippen LogP contribution in [0.2, 0.25) is 0 Å². The molecule has 706 valence electrons. The van der Waals surface area contributed by atoms with Crippen LogP contribution in [0.5, 0.6) is 0 Å². The number of nitrogens with one attached hydrogen (secondary N) is 4. The molecule has 0 bridgehead atoms. The molecule has 8 rings (SSSR count). The summed E-state index contributed by atoms with van der Waals surface area (Å²) in [5.41, 5.74) is 16.4. The number of ether oxygens (including phenoxy) is 7. The fourth-order valence-corrected chi connectivity index (χ4v) is 11.2. The number of alkyl halides is 8. The van der Waals surface area contributed by atoms with Crippen molar-refractivity contribution >= 4 is 86.0 Å². The Morgan fingerprint density at radius 3 is 1.10 bits per heavy atom. The Bertz CT molecular complexity index is 4740. The second kappa shape index (κ2) is 60.8. The molecule has 30 nitrogen and oxygen atoms in total. The number of carboxylic acid groups (broad SMARTS) is 1. The summed E-state index contributed by atoms with van der Waals surface area (Å²) in [6.07, 6.45) is -10.5. The van der Waals surface area contributed by atoms with Crippen LogP contribution in [0.25, 0.3) is 10.4 Å². The minimum absolute atomic E-state index is 0. The first-order valence-corrected chi connectivity index (χ1v) is 42.6. The molecule has 5 amide bonds. The molecule has 2 saturated carbocycles. The number of nitrogens with zero attached hydrogens (tertiary/aromatic N) is 7. The average molecular weight is 1960 g/mol. The number of aryl methyl sites for hydroxylation is 1. The van der Waals surface area contributed by atoms with E-state index in [1.165, 1.54) is 0 Å². The number of esters is 3. The van der Waals surface area contributed by atoms with Crippen molar-refractivity contribution in [3.8, 4) is 18.2 Å². The molecule has 0 radical (unpaired) electrons. The maximum absolute atomic E-state index is 13.5. The number of nitriles is 3. The summed E-state index contributed by atoms with van der Waals surface area (Å²) in [5.74, 6) is -4.06. The van der Waals surface area contributed by atoms with Gasteiger partial charge in [0.15, 0.2) is 5.41 Å². The van der Waals surface area contributed by atoms with Gasteiger partial charge in [0.2, 0.25) is 5.91 Å². The van der Waals surface area contributed by atoms with E-state index < -0.39 is 94.4 Å². The van der Waals surface area contributed by atoms with Gasteiger partial charge in [0.1, 0.15) is 39.7 Å². The number of azide groups is 1. The van der Waals surface area contributed by atoms with Crippen LogP contribution < -0.4 is 56.6 Å². The molecule has 0 heterocycles. The zero-order valence-corrected chi connectivity index (χ0v) is 81.3. The maximum Gasteiger partial charge on any atom is 1.00 e. The van der Waals surface area contributed by atoms with Crippen LogP contribution in [-0.2, 0) is 115 Å². The van der Waals surface area contributed by atoms with Crippen molar-refractivity contribution in [3.05, 3.63) is 223 Å². The van der Waals surface area contributed by atoms with Gasteiger partial charge >= 0.3 is 90.2 Å². The number of amides is 5. The third-order valence-corrected chi connectivity index (χ3v) is 18.0. The van der Waals surface area contributed by atoms with Crippen LogP contribution in [0.15, 0.2) is 151 Å². The van der Waals surface area contributed by atoms with Gasteiger partial charge in [-0.05, 0) is 216 Å². The summed E-state index contributed by atoms with van der Waals surface area (Å²) in [6.45, 7) is 28.6. The molecular formula is C91H117Br2F6N12NaO18. The van der Waals surface area contributed by atoms with Crippen molar-refractivity contribution in [1.29, 1.82) is 15.8 Å². The van der Waals surface area contributed by atoms with Gasteiger partial charge in [0.05, 0.1) is 61.3 Å². The van der Waals surface area contributed by atoms with Crippen molar-refractivity contribution in [2.75, 3.05) is 31.7 Å². The topological polar surface area (TPSA) is 466 Å². The van der Waals surface area contributed by atoms with Gasteiger partial charge in [-0.1, -0.05) is 164 Å². The van der Waals surface area contributed by atoms with E-state index in [1.807, 2.05) is 133 Å². The predicted molar refractivity (Wildman–Crippen MR) is 476 cm³/mol. The summed E-state index contributed by atoms with van der Waals surface area (Å²) >= 11 is 6.24. The summed E-state index contributed by atoms with van der Waals surface area (Å²) in [4.78, 5) is 106. The SMILES string of the molecule is CC(C)(C)OC(=O)NCc1ccccc1C#N.CC(C)(C)OC(=O)NCc1ccccc1CN.CCOC(=O)CBr.CCOC(=O)CCCc1ccccc1CNC(=O)OC(C)(C)C.CCOC(=O)CN(Cc1ccccc1CNC(=O)OC(C)(C)C)C(=O)C1(C(F)(F)F)CC1.N#Cc1ccccc1CBr.N#Cc1ccccc1CN=[N+]=[N-].O=C(O)C1(C(F)(F)F)CC1.[Na+].[OH-]. The fraction of sp³-hybridized carbons (Fsp3) is 0.473. The van der Waals surface area contributed by atoms with Gasteiger partial charge in [-0.25, -0.2) is 19.2 Å². The number of alkyl carbamates (subject to hydrolysis) is 4. The number of carboxylic acids is 1. The smallest absolute Gasteiger partial charge is 0.870 e. The summed E-state index contributed by atoms with van der Waals surface area (Å²) in [7, 11) is 0. The molecule has 0 unspecified atom stereocenters. The van der Waals surface area contributed by atoms with Gasteiger partial charge in [-0.3, -0.25) is 24.0 Å². The third-order valence-electron chi connectivity index (χ3n) is 16.9. The molecule has 6 aromatic carbocycles. The van der Waals surface area contributed by atoms with E-state index in [4.69, 9.17) is 60.6 Å². The molecular weight excluding hydrogens is 1850 g/mol. The predicted octanol–water partition coefficient (Wildman–Crippen LogP) is 16.3.